The number of benzene rings is 1. The van der Waals surface area contributed by atoms with Crippen LogP contribution in [-0.4, -0.2) is 41.4 Å². The fourth-order valence-corrected chi connectivity index (χ4v) is 6.53. The molecule has 0 saturated carbocycles. The topological polar surface area (TPSA) is 134 Å². The summed E-state index contributed by atoms with van der Waals surface area (Å²) < 4.78 is 32.7. The molecule has 3 aliphatic rings. The van der Waals surface area contributed by atoms with E-state index in [4.69, 9.17) is 11.6 Å². The van der Waals surface area contributed by atoms with Crippen molar-refractivity contribution in [2.24, 2.45) is 0 Å². The van der Waals surface area contributed by atoms with Crippen LogP contribution >= 0.6 is 11.6 Å². The molecule has 2 N–H and O–H groups in total. The number of rotatable bonds is 5. The molecular weight excluding hydrogens is 482 g/mol. The first-order valence-electron chi connectivity index (χ1n) is 10.6. The molecule has 0 spiro atoms. The van der Waals surface area contributed by atoms with Crippen molar-refractivity contribution >= 4 is 38.9 Å². The second-order valence-corrected chi connectivity index (χ2v) is 10.8. The Bertz CT molecular complexity index is 1460. The number of halogens is 1. The fourth-order valence-electron chi connectivity index (χ4n) is 4.58. The molecule has 0 amide bonds. The predicted octanol–water partition coefficient (Wildman–Crippen LogP) is 3.09. The summed E-state index contributed by atoms with van der Waals surface area (Å²) >= 11 is 6.00. The summed E-state index contributed by atoms with van der Waals surface area (Å²) in [5.74, 6) is -1.79. The number of fused-ring (bicyclic) bond motifs is 1. The number of anilines is 1. The highest BCUT2D eigenvalue weighted by Crippen LogP contribution is 2.39. The minimum absolute atomic E-state index is 0.221. The van der Waals surface area contributed by atoms with Crippen molar-refractivity contribution in [2.75, 3.05) is 10.8 Å². The lowest BCUT2D eigenvalue weighted by Gasteiger charge is -2.26. The monoisotopic (exact) mass is 501 g/mol. The first kappa shape index (κ1) is 22.4. The minimum Gasteiger partial charge on any atom is -0.478 e. The normalized spacial score (nSPS) is 22.1. The number of carbonyl (C=O) groups is 1. The zero-order chi connectivity index (χ0) is 24.0. The maximum atomic E-state index is 13.4. The number of nitrogens with one attached hydrogen (secondary N) is 1. The van der Waals surface area contributed by atoms with E-state index in [9.17, 15) is 23.1 Å². The van der Waals surface area contributed by atoms with Gasteiger partial charge in [-0.3, -0.25) is 13.8 Å². The Balaban J connectivity index is 1.37. The van der Waals surface area contributed by atoms with Crippen LogP contribution in [0.1, 0.15) is 35.7 Å². The van der Waals surface area contributed by atoms with Gasteiger partial charge in [0.1, 0.15) is 5.25 Å². The van der Waals surface area contributed by atoms with E-state index in [1.165, 1.54) is 10.4 Å². The van der Waals surface area contributed by atoms with Crippen LogP contribution in [0, 0.1) is 0 Å². The maximum Gasteiger partial charge on any atom is 0.439 e. The number of carboxylic acids is 1. The first-order chi connectivity index (χ1) is 16.2. The number of aromatic amines is 1. The maximum absolute atomic E-state index is 13.4. The van der Waals surface area contributed by atoms with Gasteiger partial charge in [0.25, 0.3) is 0 Å². The average Bonchev–Trinajstić information content (AvgIpc) is 3.45. The third-order valence-electron chi connectivity index (χ3n) is 6.29. The molecule has 1 aromatic heterocycles. The van der Waals surface area contributed by atoms with E-state index in [2.05, 4.69) is 14.7 Å². The van der Waals surface area contributed by atoms with Crippen LogP contribution in [0.15, 0.2) is 68.5 Å². The van der Waals surface area contributed by atoms with E-state index in [1.807, 2.05) is 6.07 Å². The summed E-state index contributed by atoms with van der Waals surface area (Å²) in [5, 5.41) is 12.9. The van der Waals surface area contributed by atoms with E-state index in [1.54, 1.807) is 36.4 Å². The number of aromatic nitrogens is 2. The van der Waals surface area contributed by atoms with Gasteiger partial charge in [-0.05, 0) is 42.5 Å². The number of hydrogen-bond donors (Lipinski definition) is 2. The van der Waals surface area contributed by atoms with Gasteiger partial charge in [0.2, 0.25) is 10.0 Å². The van der Waals surface area contributed by atoms with Crippen molar-refractivity contribution in [3.63, 3.8) is 0 Å². The Morgan fingerprint density at radius 2 is 2.09 bits per heavy atom. The highest BCUT2D eigenvalue weighted by molar-refractivity contribution is 7.93. The molecule has 1 aliphatic heterocycles. The minimum atomic E-state index is -3.69. The molecule has 0 radical (unpaired) electrons. The standard InChI is InChI=1S/C23H20ClN3O6S/c24-16-4-7-18(19(12-16)22(28)29)14-3-8-20-15(11-14)9-10-27(20)34(31,32)17-5-1-13(2-6-17)21-25-23(30)33-26-21/h1-5,8,11-12,17-18H,6-7,9-10H2,(H,28,29)(H,25,26,30). The summed E-state index contributed by atoms with van der Waals surface area (Å²) in [6.07, 6.45) is 9.40. The number of hydrogen-bond acceptors (Lipinski definition) is 6. The average molecular weight is 502 g/mol. The van der Waals surface area contributed by atoms with E-state index in [0.29, 0.717) is 35.7 Å². The highest BCUT2D eigenvalue weighted by Gasteiger charge is 2.36. The number of H-pyrrole nitrogens is 1. The van der Waals surface area contributed by atoms with E-state index >= 15 is 0 Å². The van der Waals surface area contributed by atoms with Gasteiger partial charge in [-0.1, -0.05) is 53.2 Å². The molecule has 2 unspecified atom stereocenters. The lowest BCUT2D eigenvalue weighted by Crippen LogP contribution is -2.37. The van der Waals surface area contributed by atoms with Crippen molar-refractivity contribution in [1.29, 1.82) is 0 Å². The smallest absolute Gasteiger partial charge is 0.439 e. The molecular formula is C23H20ClN3O6S. The molecule has 11 heteroatoms. The number of nitrogens with zero attached hydrogens (tertiary/aromatic N) is 2. The van der Waals surface area contributed by atoms with E-state index in [-0.39, 0.29) is 23.7 Å². The van der Waals surface area contributed by atoms with Gasteiger partial charge in [-0.25, -0.2) is 18.0 Å². The van der Waals surface area contributed by atoms with E-state index < -0.39 is 27.0 Å². The molecule has 2 aliphatic carbocycles. The number of allylic oxidation sites excluding steroid dienone is 6. The van der Waals surface area contributed by atoms with Crippen LogP contribution < -0.4 is 10.1 Å². The summed E-state index contributed by atoms with van der Waals surface area (Å²) in [5.41, 5.74) is 3.10. The zero-order valence-electron chi connectivity index (χ0n) is 17.8. The van der Waals surface area contributed by atoms with Crippen molar-refractivity contribution in [2.45, 2.75) is 30.4 Å². The van der Waals surface area contributed by atoms with Crippen LogP contribution in [0.5, 0.6) is 0 Å². The molecule has 2 aromatic rings. The van der Waals surface area contributed by atoms with Crippen LogP contribution in [0.2, 0.25) is 0 Å². The summed E-state index contributed by atoms with van der Waals surface area (Å²) in [7, 11) is -3.69. The Morgan fingerprint density at radius 1 is 1.26 bits per heavy atom. The second kappa shape index (κ2) is 8.44. The Morgan fingerprint density at radius 3 is 2.76 bits per heavy atom. The van der Waals surface area contributed by atoms with Crippen molar-refractivity contribution < 1.29 is 22.8 Å². The van der Waals surface area contributed by atoms with Gasteiger partial charge in [0, 0.05) is 28.6 Å². The van der Waals surface area contributed by atoms with Gasteiger partial charge in [0.15, 0.2) is 5.82 Å². The molecule has 34 heavy (non-hydrogen) atoms. The lowest BCUT2D eigenvalue weighted by molar-refractivity contribution is -0.133. The summed E-state index contributed by atoms with van der Waals surface area (Å²) in [6.45, 7) is 0.316. The van der Waals surface area contributed by atoms with Gasteiger partial charge in [-0.2, -0.15) is 0 Å². The zero-order valence-corrected chi connectivity index (χ0v) is 19.3. The fraction of sp³-hybridized carbons (Fsp3) is 0.261. The predicted molar refractivity (Wildman–Crippen MR) is 126 cm³/mol. The van der Waals surface area contributed by atoms with Gasteiger partial charge in [0.05, 0.1) is 5.69 Å². The lowest BCUT2D eigenvalue weighted by atomic mass is 9.84. The third kappa shape index (κ3) is 3.92. The van der Waals surface area contributed by atoms with Crippen LogP contribution in [-0.2, 0) is 21.2 Å². The van der Waals surface area contributed by atoms with Crippen molar-refractivity contribution in [3.8, 4) is 0 Å². The van der Waals surface area contributed by atoms with Gasteiger partial charge < -0.3 is 5.11 Å². The van der Waals surface area contributed by atoms with E-state index in [0.717, 1.165) is 11.1 Å². The Kier molecular flexibility index (Phi) is 5.57. The molecule has 0 fully saturated rings. The van der Waals surface area contributed by atoms with Crippen LogP contribution in [0.3, 0.4) is 0 Å². The van der Waals surface area contributed by atoms with Gasteiger partial charge in [-0.15, -0.1) is 0 Å². The third-order valence-corrected chi connectivity index (χ3v) is 8.66. The van der Waals surface area contributed by atoms with Gasteiger partial charge >= 0.3 is 11.7 Å². The number of sulfonamides is 1. The summed E-state index contributed by atoms with van der Waals surface area (Å²) in [6, 6.07) is 5.44. The molecule has 9 nitrogen and oxygen atoms in total. The second-order valence-electron chi connectivity index (χ2n) is 8.27. The molecule has 5 rings (SSSR count). The number of carboxylic acid groups (broad SMARTS) is 1. The largest absolute Gasteiger partial charge is 0.478 e. The van der Waals surface area contributed by atoms with Crippen molar-refractivity contribution in [3.05, 3.63) is 86.7 Å². The molecule has 0 bridgehead atoms. The highest BCUT2D eigenvalue weighted by atomic mass is 35.5. The molecule has 2 atom stereocenters. The Hall–Kier alpha value is -3.37. The van der Waals surface area contributed by atoms with Crippen molar-refractivity contribution in [1.82, 2.24) is 10.1 Å². The SMILES string of the molecule is O=C(O)C1=CC(Cl)=CCC1c1ccc2c(c1)CCN2S(=O)(=O)C1C=CC(c2noc(=O)[nH]2)=CC1. The Labute approximate surface area is 199 Å². The summed E-state index contributed by atoms with van der Waals surface area (Å²) in [4.78, 5) is 25.3. The molecule has 1 aromatic carbocycles. The number of aliphatic carboxylic acids is 1. The quantitative estimate of drug-likeness (QED) is 0.643. The van der Waals surface area contributed by atoms with Crippen LogP contribution in [0.4, 0.5) is 5.69 Å². The van der Waals surface area contributed by atoms with Crippen LogP contribution in [0.25, 0.3) is 5.57 Å². The molecule has 176 valence electrons. The first-order valence-corrected chi connectivity index (χ1v) is 12.5. The molecule has 0 saturated heterocycles. The molecule has 2 heterocycles.